The van der Waals surface area contributed by atoms with Gasteiger partial charge in [-0.2, -0.15) is 0 Å². The number of hydrogen-bond acceptors (Lipinski definition) is 4. The molecule has 0 saturated carbocycles. The Morgan fingerprint density at radius 1 is 1.44 bits per heavy atom. The van der Waals surface area contributed by atoms with Crippen LogP contribution in [0, 0.1) is 12.8 Å². The fraction of sp³-hybridized carbons (Fsp3) is 0.333. The van der Waals surface area contributed by atoms with E-state index in [0.29, 0.717) is 22.7 Å². The summed E-state index contributed by atoms with van der Waals surface area (Å²) in [5, 5.41) is 0. The molecule has 84 valence electrons. The Bertz CT molecular complexity index is 528. The summed E-state index contributed by atoms with van der Waals surface area (Å²) in [5.41, 5.74) is 1.40. The fourth-order valence-corrected chi connectivity index (χ4v) is 1.32. The van der Waals surface area contributed by atoms with Gasteiger partial charge in [-0.25, -0.2) is 4.98 Å². The Hall–Kier alpha value is -1.84. The van der Waals surface area contributed by atoms with Crippen molar-refractivity contribution in [2.75, 3.05) is 0 Å². The highest BCUT2D eigenvalue weighted by atomic mass is 16.5. The second kappa shape index (κ2) is 3.96. The molecule has 1 heterocycles. The van der Waals surface area contributed by atoms with Gasteiger partial charge in [-0.15, -0.1) is 0 Å². The number of aryl methyl sites for hydroxylation is 1. The van der Waals surface area contributed by atoms with Crippen molar-refractivity contribution in [1.29, 1.82) is 0 Å². The summed E-state index contributed by atoms with van der Waals surface area (Å²) in [4.78, 5) is 15.6. The summed E-state index contributed by atoms with van der Waals surface area (Å²) < 4.78 is 10.5. The van der Waals surface area contributed by atoms with Crippen molar-refractivity contribution < 1.29 is 13.9 Å². The predicted octanol–water partition coefficient (Wildman–Crippen LogP) is 2.70. The van der Waals surface area contributed by atoms with Crippen molar-refractivity contribution >= 4 is 17.1 Å². The van der Waals surface area contributed by atoms with Crippen molar-refractivity contribution in [3.8, 4) is 5.75 Å². The van der Waals surface area contributed by atoms with Gasteiger partial charge in [0.2, 0.25) is 0 Å². The molecular weight excluding hydrogens is 206 g/mol. The van der Waals surface area contributed by atoms with Gasteiger partial charge in [0, 0.05) is 13.0 Å². The molecule has 1 aromatic heterocycles. The highest BCUT2D eigenvalue weighted by molar-refractivity contribution is 5.78. The Balaban J connectivity index is 2.29. The second-order valence-electron chi connectivity index (χ2n) is 3.94. The highest BCUT2D eigenvalue weighted by Gasteiger charge is 2.11. The molecule has 0 aliphatic rings. The van der Waals surface area contributed by atoms with Crippen LogP contribution < -0.4 is 4.74 Å². The first kappa shape index (κ1) is 10.7. The van der Waals surface area contributed by atoms with Crippen molar-refractivity contribution in [3.63, 3.8) is 0 Å². The number of ether oxygens (including phenoxy) is 1. The number of aromatic nitrogens is 1. The van der Waals surface area contributed by atoms with Gasteiger partial charge in [0.25, 0.3) is 0 Å². The number of esters is 1. The van der Waals surface area contributed by atoms with Crippen LogP contribution in [0.15, 0.2) is 22.6 Å². The first-order chi connectivity index (χ1) is 7.56. The molecule has 4 nitrogen and oxygen atoms in total. The maximum Gasteiger partial charge on any atom is 0.313 e. The van der Waals surface area contributed by atoms with Crippen molar-refractivity contribution in [1.82, 2.24) is 4.98 Å². The molecule has 0 unspecified atom stereocenters. The lowest BCUT2D eigenvalue weighted by Gasteiger charge is -2.05. The van der Waals surface area contributed by atoms with E-state index in [1.54, 1.807) is 39.0 Å². The minimum absolute atomic E-state index is 0.144. The van der Waals surface area contributed by atoms with Crippen LogP contribution in [0.25, 0.3) is 11.1 Å². The lowest BCUT2D eigenvalue weighted by molar-refractivity contribution is -0.137. The first-order valence-electron chi connectivity index (χ1n) is 5.15. The van der Waals surface area contributed by atoms with Crippen LogP contribution in [0.3, 0.4) is 0 Å². The number of hydrogen-bond donors (Lipinski definition) is 0. The molecule has 16 heavy (non-hydrogen) atoms. The van der Waals surface area contributed by atoms with Crippen LogP contribution in [0.2, 0.25) is 0 Å². The summed E-state index contributed by atoms with van der Waals surface area (Å²) in [5.74, 6) is 0.705. The van der Waals surface area contributed by atoms with Gasteiger partial charge in [-0.1, -0.05) is 13.8 Å². The molecule has 0 aliphatic heterocycles. The van der Waals surface area contributed by atoms with E-state index >= 15 is 0 Å². The summed E-state index contributed by atoms with van der Waals surface area (Å²) in [6.45, 7) is 5.36. The third kappa shape index (κ3) is 2.05. The standard InChI is InChI=1S/C12H13NO3/c1-7(2)12(14)16-9-4-5-11-10(6-9)13-8(3)15-11/h4-7H,1-3H3. The summed E-state index contributed by atoms with van der Waals surface area (Å²) >= 11 is 0. The molecule has 0 fully saturated rings. The smallest absolute Gasteiger partial charge is 0.313 e. The van der Waals surface area contributed by atoms with Gasteiger partial charge in [0.05, 0.1) is 5.92 Å². The number of rotatable bonds is 2. The molecule has 0 N–H and O–H groups in total. The van der Waals surface area contributed by atoms with Crippen LogP contribution in [-0.2, 0) is 4.79 Å². The summed E-state index contributed by atoms with van der Waals surface area (Å²) in [6, 6.07) is 5.15. The van der Waals surface area contributed by atoms with E-state index < -0.39 is 0 Å². The second-order valence-corrected chi connectivity index (χ2v) is 3.94. The molecule has 0 saturated heterocycles. The van der Waals surface area contributed by atoms with Crippen LogP contribution >= 0.6 is 0 Å². The van der Waals surface area contributed by atoms with E-state index in [-0.39, 0.29) is 11.9 Å². The lowest BCUT2D eigenvalue weighted by Crippen LogP contribution is -2.14. The quantitative estimate of drug-likeness (QED) is 0.575. The summed E-state index contributed by atoms with van der Waals surface area (Å²) in [7, 11) is 0. The van der Waals surface area contributed by atoms with Crippen molar-refractivity contribution in [3.05, 3.63) is 24.1 Å². The van der Waals surface area contributed by atoms with E-state index in [4.69, 9.17) is 9.15 Å². The normalized spacial score (nSPS) is 11.0. The minimum atomic E-state index is -0.250. The molecule has 0 amide bonds. The molecular formula is C12H13NO3. The summed E-state index contributed by atoms with van der Waals surface area (Å²) in [6.07, 6.45) is 0. The van der Waals surface area contributed by atoms with Gasteiger partial charge in [-0.05, 0) is 12.1 Å². The average Bonchev–Trinajstić information content (AvgIpc) is 2.57. The van der Waals surface area contributed by atoms with Crippen molar-refractivity contribution in [2.45, 2.75) is 20.8 Å². The van der Waals surface area contributed by atoms with Crippen LogP contribution in [0.1, 0.15) is 19.7 Å². The molecule has 4 heteroatoms. The monoisotopic (exact) mass is 219 g/mol. The van der Waals surface area contributed by atoms with E-state index in [1.165, 1.54) is 0 Å². The molecule has 0 radical (unpaired) electrons. The van der Waals surface area contributed by atoms with Crippen molar-refractivity contribution in [2.24, 2.45) is 5.92 Å². The third-order valence-corrected chi connectivity index (χ3v) is 2.16. The van der Waals surface area contributed by atoms with Crippen LogP contribution in [0.5, 0.6) is 5.75 Å². The molecule has 2 rings (SSSR count). The Kier molecular flexibility index (Phi) is 2.64. The fourth-order valence-electron chi connectivity index (χ4n) is 1.32. The lowest BCUT2D eigenvalue weighted by atomic mass is 10.2. The predicted molar refractivity (Wildman–Crippen MR) is 59.2 cm³/mol. The maximum absolute atomic E-state index is 11.4. The number of carbonyl (C=O) groups is 1. The first-order valence-corrected chi connectivity index (χ1v) is 5.15. The van der Waals surface area contributed by atoms with Gasteiger partial charge in [0.1, 0.15) is 11.3 Å². The van der Waals surface area contributed by atoms with Gasteiger partial charge in [-0.3, -0.25) is 4.79 Å². The maximum atomic E-state index is 11.4. The number of fused-ring (bicyclic) bond motifs is 1. The minimum Gasteiger partial charge on any atom is -0.441 e. The van der Waals surface area contributed by atoms with Gasteiger partial charge < -0.3 is 9.15 Å². The van der Waals surface area contributed by atoms with E-state index in [2.05, 4.69) is 4.98 Å². The third-order valence-electron chi connectivity index (χ3n) is 2.16. The Morgan fingerprint density at radius 2 is 2.19 bits per heavy atom. The SMILES string of the molecule is Cc1nc2cc(OC(=O)C(C)C)ccc2o1. The molecule has 0 atom stereocenters. The highest BCUT2D eigenvalue weighted by Crippen LogP contribution is 2.21. The largest absolute Gasteiger partial charge is 0.441 e. The van der Waals surface area contributed by atoms with E-state index in [0.717, 1.165) is 0 Å². The van der Waals surface area contributed by atoms with Gasteiger partial charge in [0.15, 0.2) is 11.5 Å². The van der Waals surface area contributed by atoms with E-state index in [1.807, 2.05) is 0 Å². The zero-order valence-corrected chi connectivity index (χ0v) is 9.48. The molecule has 0 bridgehead atoms. The number of benzene rings is 1. The molecule has 1 aromatic carbocycles. The Morgan fingerprint density at radius 3 is 2.88 bits per heavy atom. The molecule has 0 aliphatic carbocycles. The van der Waals surface area contributed by atoms with Gasteiger partial charge >= 0.3 is 5.97 Å². The zero-order valence-electron chi connectivity index (χ0n) is 9.48. The Labute approximate surface area is 93.2 Å². The topological polar surface area (TPSA) is 52.3 Å². The molecule has 2 aromatic rings. The zero-order chi connectivity index (χ0) is 11.7. The van der Waals surface area contributed by atoms with Crippen LogP contribution in [-0.4, -0.2) is 11.0 Å². The van der Waals surface area contributed by atoms with E-state index in [9.17, 15) is 4.79 Å². The number of carbonyl (C=O) groups excluding carboxylic acids is 1. The molecule has 0 spiro atoms. The number of nitrogens with zero attached hydrogens (tertiary/aromatic N) is 1. The average molecular weight is 219 g/mol. The number of oxazole rings is 1. The van der Waals surface area contributed by atoms with Crippen LogP contribution in [0.4, 0.5) is 0 Å².